The maximum absolute atomic E-state index is 12.9. The van der Waals surface area contributed by atoms with E-state index in [0.717, 1.165) is 28.9 Å². The van der Waals surface area contributed by atoms with E-state index >= 15 is 0 Å². The minimum Gasteiger partial charge on any atom is -0.299 e. The van der Waals surface area contributed by atoms with Crippen LogP contribution in [-0.2, 0) is 6.18 Å². The molecule has 0 atom stereocenters. The van der Waals surface area contributed by atoms with E-state index in [2.05, 4.69) is 9.97 Å². The molecular formula is C19H11ClF3N3. The predicted octanol–water partition coefficient (Wildman–Crippen LogP) is 5.76. The van der Waals surface area contributed by atoms with Crippen molar-refractivity contribution >= 4 is 22.6 Å². The Labute approximate surface area is 151 Å². The maximum atomic E-state index is 12.9. The first-order chi connectivity index (χ1) is 12.4. The van der Waals surface area contributed by atoms with Gasteiger partial charge in [0.1, 0.15) is 11.5 Å². The van der Waals surface area contributed by atoms with Crippen LogP contribution in [0.3, 0.4) is 0 Å². The normalized spacial score (nSPS) is 11.8. The zero-order valence-electron chi connectivity index (χ0n) is 13.2. The molecule has 0 spiro atoms. The lowest BCUT2D eigenvalue weighted by Crippen LogP contribution is -2.04. The van der Waals surface area contributed by atoms with Gasteiger partial charge in [0.2, 0.25) is 0 Å². The highest BCUT2D eigenvalue weighted by Crippen LogP contribution is 2.32. The Morgan fingerprint density at radius 2 is 1.77 bits per heavy atom. The highest BCUT2D eigenvalue weighted by molar-refractivity contribution is 6.32. The van der Waals surface area contributed by atoms with Crippen LogP contribution in [0, 0.1) is 0 Å². The summed E-state index contributed by atoms with van der Waals surface area (Å²) in [4.78, 5) is 8.18. The van der Waals surface area contributed by atoms with Gasteiger partial charge in [0.25, 0.3) is 0 Å². The van der Waals surface area contributed by atoms with Gasteiger partial charge in [-0.25, -0.2) is 9.97 Å². The Morgan fingerprint density at radius 1 is 0.923 bits per heavy atom. The quantitative estimate of drug-likeness (QED) is 0.418. The zero-order chi connectivity index (χ0) is 18.3. The molecule has 0 N–H and O–H groups in total. The van der Waals surface area contributed by atoms with Crippen molar-refractivity contribution in [3.05, 3.63) is 77.8 Å². The van der Waals surface area contributed by atoms with Crippen molar-refractivity contribution < 1.29 is 13.2 Å². The molecule has 0 fully saturated rings. The first kappa shape index (κ1) is 16.6. The van der Waals surface area contributed by atoms with Gasteiger partial charge in [-0.1, -0.05) is 23.7 Å². The van der Waals surface area contributed by atoms with Crippen molar-refractivity contribution in [1.29, 1.82) is 0 Å². The van der Waals surface area contributed by atoms with E-state index in [0.29, 0.717) is 10.7 Å². The third kappa shape index (κ3) is 2.93. The molecule has 0 unspecified atom stereocenters. The second kappa shape index (κ2) is 6.14. The first-order valence-corrected chi connectivity index (χ1v) is 8.07. The molecule has 130 valence electrons. The van der Waals surface area contributed by atoms with Crippen LogP contribution in [0.25, 0.3) is 27.8 Å². The summed E-state index contributed by atoms with van der Waals surface area (Å²) in [7, 11) is 0. The molecule has 2 aromatic carbocycles. The van der Waals surface area contributed by atoms with Crippen molar-refractivity contribution in [1.82, 2.24) is 14.5 Å². The summed E-state index contributed by atoms with van der Waals surface area (Å²) in [5.74, 6) is 0. The van der Waals surface area contributed by atoms with Gasteiger partial charge in [-0.05, 0) is 48.0 Å². The summed E-state index contributed by atoms with van der Waals surface area (Å²) in [5.41, 5.74) is 2.56. The third-order valence-corrected chi connectivity index (χ3v) is 4.37. The molecule has 2 heterocycles. The fourth-order valence-electron chi connectivity index (χ4n) is 2.82. The topological polar surface area (TPSA) is 30.7 Å². The van der Waals surface area contributed by atoms with Gasteiger partial charge >= 0.3 is 6.18 Å². The monoisotopic (exact) mass is 373 g/mol. The Kier molecular flexibility index (Phi) is 3.92. The van der Waals surface area contributed by atoms with Gasteiger partial charge in [0.05, 0.1) is 16.6 Å². The zero-order valence-corrected chi connectivity index (χ0v) is 14.0. The van der Waals surface area contributed by atoms with Crippen LogP contribution in [-0.4, -0.2) is 14.5 Å². The van der Waals surface area contributed by atoms with Crippen LogP contribution < -0.4 is 0 Å². The van der Waals surface area contributed by atoms with Crippen molar-refractivity contribution in [2.24, 2.45) is 0 Å². The number of aromatic nitrogens is 3. The predicted molar refractivity (Wildman–Crippen MR) is 94.3 cm³/mol. The molecule has 0 radical (unpaired) electrons. The molecule has 7 heteroatoms. The van der Waals surface area contributed by atoms with Gasteiger partial charge in [0, 0.05) is 17.4 Å². The van der Waals surface area contributed by atoms with Crippen LogP contribution >= 0.6 is 11.6 Å². The molecule has 0 saturated carbocycles. The molecule has 0 aliphatic heterocycles. The Morgan fingerprint density at radius 3 is 2.54 bits per heavy atom. The number of nitrogens with zero attached hydrogens (tertiary/aromatic N) is 3. The van der Waals surface area contributed by atoms with Crippen LogP contribution in [0.15, 0.2) is 67.1 Å². The van der Waals surface area contributed by atoms with E-state index in [1.54, 1.807) is 16.8 Å². The average molecular weight is 374 g/mol. The number of pyridine rings is 1. The van der Waals surface area contributed by atoms with Crippen molar-refractivity contribution in [3.8, 4) is 16.8 Å². The van der Waals surface area contributed by atoms with Gasteiger partial charge < -0.3 is 0 Å². The van der Waals surface area contributed by atoms with E-state index in [9.17, 15) is 13.2 Å². The maximum Gasteiger partial charge on any atom is 0.416 e. The number of alkyl halides is 3. The second-order valence-electron chi connectivity index (χ2n) is 5.71. The lowest BCUT2D eigenvalue weighted by molar-refractivity contribution is -0.137. The first-order valence-electron chi connectivity index (χ1n) is 7.69. The van der Waals surface area contributed by atoms with Gasteiger partial charge in [-0.15, -0.1) is 0 Å². The number of hydrogen-bond donors (Lipinski definition) is 0. The highest BCUT2D eigenvalue weighted by Gasteiger charge is 2.30. The van der Waals surface area contributed by atoms with E-state index in [1.807, 2.05) is 30.3 Å². The second-order valence-corrected chi connectivity index (χ2v) is 6.07. The van der Waals surface area contributed by atoms with Gasteiger partial charge in [-0.3, -0.25) is 4.57 Å². The molecule has 0 aliphatic carbocycles. The van der Waals surface area contributed by atoms with Gasteiger partial charge in [0.15, 0.2) is 0 Å². The smallest absolute Gasteiger partial charge is 0.299 e. The van der Waals surface area contributed by atoms with Gasteiger partial charge in [-0.2, -0.15) is 13.2 Å². The third-order valence-electron chi connectivity index (χ3n) is 4.07. The molecule has 3 nitrogen and oxygen atoms in total. The number of fused-ring (bicyclic) bond motifs is 1. The Hall–Kier alpha value is -2.86. The largest absolute Gasteiger partial charge is 0.416 e. The van der Waals surface area contributed by atoms with Crippen molar-refractivity contribution in [2.45, 2.75) is 6.18 Å². The summed E-state index contributed by atoms with van der Waals surface area (Å²) in [5, 5.41) is 0.384. The van der Waals surface area contributed by atoms with Crippen molar-refractivity contribution in [2.75, 3.05) is 0 Å². The van der Waals surface area contributed by atoms with Crippen LogP contribution in [0.4, 0.5) is 13.2 Å². The molecule has 0 saturated heterocycles. The average Bonchev–Trinajstić information content (AvgIpc) is 3.05. The molecule has 0 amide bonds. The Bertz CT molecular complexity index is 1100. The summed E-state index contributed by atoms with van der Waals surface area (Å²) in [6, 6.07) is 14.7. The van der Waals surface area contributed by atoms with E-state index in [1.165, 1.54) is 12.4 Å². The van der Waals surface area contributed by atoms with Crippen LogP contribution in [0.1, 0.15) is 5.56 Å². The molecular weight excluding hydrogens is 363 g/mol. The summed E-state index contributed by atoms with van der Waals surface area (Å²) >= 11 is 6.15. The van der Waals surface area contributed by atoms with Crippen LogP contribution in [0.5, 0.6) is 0 Å². The van der Waals surface area contributed by atoms with Crippen molar-refractivity contribution in [3.63, 3.8) is 0 Å². The lowest BCUT2D eigenvalue weighted by Gasteiger charge is -2.09. The molecule has 26 heavy (non-hydrogen) atoms. The summed E-state index contributed by atoms with van der Waals surface area (Å²) < 4.78 is 40.4. The number of halogens is 4. The Balaban J connectivity index is 1.81. The highest BCUT2D eigenvalue weighted by atomic mass is 35.5. The lowest BCUT2D eigenvalue weighted by atomic mass is 10.1. The minimum atomic E-state index is -4.39. The van der Waals surface area contributed by atoms with E-state index in [4.69, 9.17) is 11.6 Å². The number of rotatable bonds is 2. The van der Waals surface area contributed by atoms with Crippen LogP contribution in [0.2, 0.25) is 5.15 Å². The molecule has 0 bridgehead atoms. The van der Waals surface area contributed by atoms with E-state index in [-0.39, 0.29) is 5.52 Å². The number of benzene rings is 2. The fourth-order valence-corrected chi connectivity index (χ4v) is 3.05. The fraction of sp³-hybridized carbons (Fsp3) is 0.0526. The van der Waals surface area contributed by atoms with E-state index < -0.39 is 11.7 Å². The summed E-state index contributed by atoms with van der Waals surface area (Å²) in [6.07, 6.45) is -1.28. The minimum absolute atomic E-state index is 0.282. The molecule has 0 aliphatic rings. The SMILES string of the molecule is FC(F)(F)c1ccc2c(c1)ncn2-c1cccc(-c2cccnc2Cl)c1. The number of imidazole rings is 1. The molecule has 4 aromatic rings. The molecule has 4 rings (SSSR count). The number of hydrogen-bond acceptors (Lipinski definition) is 2. The standard InChI is InChI=1S/C19H11ClF3N3/c20-18-15(5-2-8-24-18)12-3-1-4-14(9-12)26-11-25-16-10-13(19(21,22)23)6-7-17(16)26/h1-11H. The summed E-state index contributed by atoms with van der Waals surface area (Å²) in [6.45, 7) is 0. The molecule has 2 aromatic heterocycles.